The highest BCUT2D eigenvalue weighted by Crippen LogP contribution is 2.38. The van der Waals surface area contributed by atoms with Gasteiger partial charge in [-0.15, -0.1) is 0 Å². The Labute approximate surface area is 116 Å². The second-order valence-electron chi connectivity index (χ2n) is 3.98. The zero-order valence-corrected chi connectivity index (χ0v) is 11.8. The molecule has 2 N–H and O–H groups in total. The van der Waals surface area contributed by atoms with Crippen LogP contribution < -0.4 is 14.8 Å². The van der Waals surface area contributed by atoms with Crippen LogP contribution in [0, 0.1) is 0 Å². The van der Waals surface area contributed by atoms with Crippen LogP contribution >= 0.6 is 11.6 Å². The summed E-state index contributed by atoms with van der Waals surface area (Å²) in [5, 5.41) is 3.55. The molecule has 0 atom stereocenters. The molecule has 1 aromatic carbocycles. The van der Waals surface area contributed by atoms with Gasteiger partial charge in [-0.05, 0) is 19.2 Å². The van der Waals surface area contributed by atoms with Crippen LogP contribution in [-0.4, -0.2) is 31.2 Å². The lowest BCUT2D eigenvalue weighted by Crippen LogP contribution is -2.04. The largest absolute Gasteiger partial charge is 0.493 e. The van der Waals surface area contributed by atoms with Gasteiger partial charge in [0.05, 0.1) is 19.2 Å². The van der Waals surface area contributed by atoms with Crippen LogP contribution in [0.5, 0.6) is 11.5 Å². The molecule has 0 radical (unpaired) electrons. The number of imidazole rings is 1. The lowest BCUT2D eigenvalue weighted by molar-refractivity contribution is 0.355. The Kier molecular flexibility index (Phi) is 4.29. The fourth-order valence-electron chi connectivity index (χ4n) is 1.84. The predicted octanol–water partition coefficient (Wildman–Crippen LogP) is 2.47. The van der Waals surface area contributed by atoms with Crippen molar-refractivity contribution in [3.63, 3.8) is 0 Å². The van der Waals surface area contributed by atoms with Gasteiger partial charge in [-0.2, -0.15) is 0 Å². The smallest absolute Gasteiger partial charge is 0.179 e. The third-order valence-corrected chi connectivity index (χ3v) is 2.98. The summed E-state index contributed by atoms with van der Waals surface area (Å²) in [5.41, 5.74) is 1.86. The number of nitrogens with zero attached hydrogens (tertiary/aromatic N) is 1. The van der Waals surface area contributed by atoms with Gasteiger partial charge in [-0.25, -0.2) is 4.98 Å². The third kappa shape index (κ3) is 2.83. The Morgan fingerprint density at radius 3 is 2.74 bits per heavy atom. The van der Waals surface area contributed by atoms with E-state index in [1.54, 1.807) is 26.5 Å². The van der Waals surface area contributed by atoms with Crippen molar-refractivity contribution in [1.82, 2.24) is 15.3 Å². The van der Waals surface area contributed by atoms with Crippen molar-refractivity contribution in [2.24, 2.45) is 0 Å². The number of rotatable bonds is 5. The molecule has 0 aliphatic carbocycles. The van der Waals surface area contributed by atoms with Crippen LogP contribution in [0.1, 0.15) is 5.69 Å². The number of aromatic amines is 1. The van der Waals surface area contributed by atoms with Gasteiger partial charge in [0.2, 0.25) is 0 Å². The average molecular weight is 282 g/mol. The number of H-pyrrole nitrogens is 1. The Morgan fingerprint density at radius 1 is 1.32 bits per heavy atom. The first-order valence-corrected chi connectivity index (χ1v) is 6.17. The number of nitrogens with one attached hydrogen (secondary N) is 2. The van der Waals surface area contributed by atoms with Crippen molar-refractivity contribution in [1.29, 1.82) is 0 Å². The van der Waals surface area contributed by atoms with Gasteiger partial charge in [0.25, 0.3) is 0 Å². The van der Waals surface area contributed by atoms with E-state index < -0.39 is 0 Å². The molecule has 0 saturated heterocycles. The van der Waals surface area contributed by atoms with Gasteiger partial charge in [0, 0.05) is 24.0 Å². The summed E-state index contributed by atoms with van der Waals surface area (Å²) in [6.45, 7) is 0.730. The van der Waals surface area contributed by atoms with Crippen molar-refractivity contribution >= 4 is 11.6 Å². The van der Waals surface area contributed by atoms with Crippen LogP contribution in [0.4, 0.5) is 0 Å². The minimum absolute atomic E-state index is 0.489. The standard InChI is InChI=1S/C13H16ClN3O2/c1-15-6-9-7-16-13(17-9)8-4-10(14)12(19-3)11(5-8)18-2/h4-5,7,15H,6H2,1-3H3,(H,16,17). The molecular weight excluding hydrogens is 266 g/mol. The van der Waals surface area contributed by atoms with E-state index in [1.807, 2.05) is 13.1 Å². The molecule has 6 heteroatoms. The maximum atomic E-state index is 6.17. The molecule has 1 heterocycles. The van der Waals surface area contributed by atoms with E-state index in [4.69, 9.17) is 21.1 Å². The van der Waals surface area contributed by atoms with E-state index in [0.717, 1.165) is 23.6 Å². The Bertz CT molecular complexity index is 569. The number of ether oxygens (including phenoxy) is 2. The molecule has 0 aliphatic rings. The highest BCUT2D eigenvalue weighted by Gasteiger charge is 2.13. The van der Waals surface area contributed by atoms with Crippen LogP contribution in [-0.2, 0) is 6.54 Å². The molecule has 0 fully saturated rings. The van der Waals surface area contributed by atoms with Crippen molar-refractivity contribution in [3.8, 4) is 22.9 Å². The monoisotopic (exact) mass is 281 g/mol. The first-order valence-electron chi connectivity index (χ1n) is 5.80. The minimum atomic E-state index is 0.489. The van der Waals surface area contributed by atoms with Crippen molar-refractivity contribution in [3.05, 3.63) is 29.0 Å². The second-order valence-corrected chi connectivity index (χ2v) is 4.39. The molecule has 1 aromatic heterocycles. The summed E-state index contributed by atoms with van der Waals surface area (Å²) in [4.78, 5) is 7.54. The lowest BCUT2D eigenvalue weighted by Gasteiger charge is -2.10. The minimum Gasteiger partial charge on any atom is -0.493 e. The molecule has 0 aliphatic heterocycles. The topological polar surface area (TPSA) is 59.2 Å². The van der Waals surface area contributed by atoms with Gasteiger partial charge < -0.3 is 19.8 Å². The Morgan fingerprint density at radius 2 is 2.11 bits per heavy atom. The quantitative estimate of drug-likeness (QED) is 0.884. The number of hydrogen-bond acceptors (Lipinski definition) is 4. The van der Waals surface area contributed by atoms with Gasteiger partial charge in [-0.1, -0.05) is 11.6 Å². The SMILES string of the molecule is CNCc1cnc(-c2cc(Cl)c(OC)c(OC)c2)[nH]1. The van der Waals surface area contributed by atoms with Crippen LogP contribution in [0.2, 0.25) is 5.02 Å². The normalized spacial score (nSPS) is 10.5. The van der Waals surface area contributed by atoms with Crippen molar-refractivity contribution < 1.29 is 9.47 Å². The molecule has 2 rings (SSSR count). The fraction of sp³-hybridized carbons (Fsp3) is 0.308. The summed E-state index contributed by atoms with van der Waals surface area (Å²) in [6.07, 6.45) is 1.79. The van der Waals surface area contributed by atoms with E-state index in [2.05, 4.69) is 15.3 Å². The fourth-order valence-corrected chi connectivity index (χ4v) is 2.13. The summed E-state index contributed by atoms with van der Waals surface area (Å²) in [7, 11) is 5.02. The van der Waals surface area contributed by atoms with E-state index in [1.165, 1.54) is 0 Å². The first kappa shape index (κ1) is 13.7. The number of benzene rings is 1. The molecule has 0 unspecified atom stereocenters. The molecule has 5 nitrogen and oxygen atoms in total. The number of hydrogen-bond donors (Lipinski definition) is 2. The number of aromatic nitrogens is 2. The van der Waals surface area contributed by atoms with E-state index in [0.29, 0.717) is 16.5 Å². The van der Waals surface area contributed by atoms with Gasteiger partial charge in [-0.3, -0.25) is 0 Å². The highest BCUT2D eigenvalue weighted by molar-refractivity contribution is 6.32. The van der Waals surface area contributed by atoms with Crippen LogP contribution in [0.3, 0.4) is 0 Å². The molecular formula is C13H16ClN3O2. The molecule has 102 valence electrons. The predicted molar refractivity (Wildman–Crippen MR) is 74.9 cm³/mol. The van der Waals surface area contributed by atoms with Crippen molar-refractivity contribution in [2.75, 3.05) is 21.3 Å². The van der Waals surface area contributed by atoms with Crippen LogP contribution in [0.15, 0.2) is 18.3 Å². The number of methoxy groups -OCH3 is 2. The maximum Gasteiger partial charge on any atom is 0.179 e. The molecule has 0 saturated carbocycles. The second kappa shape index (κ2) is 5.95. The van der Waals surface area contributed by atoms with Gasteiger partial charge in [0.1, 0.15) is 5.82 Å². The Balaban J connectivity index is 2.41. The summed E-state index contributed by atoms with van der Waals surface area (Å²) in [6, 6.07) is 3.64. The lowest BCUT2D eigenvalue weighted by atomic mass is 10.2. The highest BCUT2D eigenvalue weighted by atomic mass is 35.5. The molecule has 0 amide bonds. The average Bonchev–Trinajstić information content (AvgIpc) is 2.86. The maximum absolute atomic E-state index is 6.17. The summed E-state index contributed by atoms with van der Waals surface area (Å²) < 4.78 is 10.5. The third-order valence-electron chi connectivity index (χ3n) is 2.70. The van der Waals surface area contributed by atoms with Crippen LogP contribution in [0.25, 0.3) is 11.4 Å². The zero-order valence-electron chi connectivity index (χ0n) is 11.1. The van der Waals surface area contributed by atoms with Gasteiger partial charge in [0.15, 0.2) is 11.5 Å². The molecule has 19 heavy (non-hydrogen) atoms. The van der Waals surface area contributed by atoms with E-state index in [9.17, 15) is 0 Å². The summed E-state index contributed by atoms with van der Waals surface area (Å²) in [5.74, 6) is 1.85. The first-order chi connectivity index (χ1) is 9.19. The molecule has 0 spiro atoms. The van der Waals surface area contributed by atoms with Crippen molar-refractivity contribution in [2.45, 2.75) is 6.54 Å². The van der Waals surface area contributed by atoms with E-state index >= 15 is 0 Å². The molecule has 2 aromatic rings. The Hall–Kier alpha value is -1.72. The van der Waals surface area contributed by atoms with Gasteiger partial charge >= 0.3 is 0 Å². The number of halogens is 1. The molecule has 0 bridgehead atoms. The summed E-state index contributed by atoms with van der Waals surface area (Å²) >= 11 is 6.17. The van der Waals surface area contributed by atoms with E-state index in [-0.39, 0.29) is 0 Å². The zero-order chi connectivity index (χ0) is 13.8.